The van der Waals surface area contributed by atoms with Crippen LogP contribution in [0.2, 0.25) is 0 Å². The number of sulfonamides is 1. The first kappa shape index (κ1) is 16.4. The van der Waals surface area contributed by atoms with Crippen LogP contribution in [0.4, 0.5) is 0 Å². The summed E-state index contributed by atoms with van der Waals surface area (Å²) >= 11 is 0. The lowest BCUT2D eigenvalue weighted by Gasteiger charge is -2.41. The van der Waals surface area contributed by atoms with Gasteiger partial charge in [-0.15, -0.1) is 0 Å². The van der Waals surface area contributed by atoms with Crippen molar-refractivity contribution in [1.82, 2.24) is 4.31 Å². The Hall–Kier alpha value is -0.950. The summed E-state index contributed by atoms with van der Waals surface area (Å²) in [6, 6.07) is 6.96. The van der Waals surface area contributed by atoms with Crippen molar-refractivity contribution in [3.63, 3.8) is 0 Å². The molecule has 0 aliphatic carbocycles. The van der Waals surface area contributed by atoms with Gasteiger partial charge in [-0.25, -0.2) is 8.42 Å². The fourth-order valence-electron chi connectivity index (χ4n) is 2.64. The van der Waals surface area contributed by atoms with Gasteiger partial charge in [-0.05, 0) is 29.5 Å². The number of piperidine rings is 1. The topological polar surface area (TPSA) is 72.6 Å². The Labute approximate surface area is 127 Å². The van der Waals surface area contributed by atoms with Crippen molar-refractivity contribution in [2.24, 2.45) is 11.1 Å². The van der Waals surface area contributed by atoms with E-state index in [-0.39, 0.29) is 11.5 Å². The molecule has 0 saturated carbocycles. The van der Waals surface area contributed by atoms with Crippen molar-refractivity contribution in [3.8, 4) is 0 Å². The molecule has 1 aliphatic rings. The summed E-state index contributed by atoms with van der Waals surface area (Å²) in [5.74, 6) is 0. The van der Waals surface area contributed by atoms with Gasteiger partial charge in [-0.2, -0.15) is 4.31 Å². The maximum absolute atomic E-state index is 12.8. The summed E-state index contributed by atoms with van der Waals surface area (Å²) in [6.07, 6.45) is 0.685. The van der Waals surface area contributed by atoms with Gasteiger partial charge in [0.1, 0.15) is 0 Å². The standard InChI is InChI=1S/C15H24N2O3S/c1-15(2)11-17(8-7-14(15)16)21(18,19)13-6-4-5-12(9-13)10-20-3/h4-6,9,14H,7-8,10-11,16H2,1-3H3. The molecule has 1 atom stereocenters. The Morgan fingerprint density at radius 3 is 2.76 bits per heavy atom. The van der Waals surface area contributed by atoms with Crippen molar-refractivity contribution < 1.29 is 13.2 Å². The van der Waals surface area contributed by atoms with E-state index in [4.69, 9.17) is 10.5 Å². The highest BCUT2D eigenvalue weighted by Crippen LogP contribution is 2.31. The molecule has 0 spiro atoms. The minimum atomic E-state index is -3.48. The highest BCUT2D eigenvalue weighted by Gasteiger charge is 2.38. The molecular formula is C15H24N2O3S. The SMILES string of the molecule is COCc1cccc(S(=O)(=O)N2CCC(N)C(C)(C)C2)c1. The minimum absolute atomic E-state index is 0.0313. The quantitative estimate of drug-likeness (QED) is 0.916. The Balaban J connectivity index is 2.28. The summed E-state index contributed by atoms with van der Waals surface area (Å²) < 4.78 is 32.2. The second kappa shape index (κ2) is 6.04. The van der Waals surface area contributed by atoms with E-state index in [9.17, 15) is 8.42 Å². The van der Waals surface area contributed by atoms with Crippen LogP contribution in [0, 0.1) is 5.41 Å². The van der Waals surface area contributed by atoms with Crippen LogP contribution < -0.4 is 5.73 Å². The van der Waals surface area contributed by atoms with Gasteiger partial charge in [-0.3, -0.25) is 0 Å². The summed E-state index contributed by atoms with van der Waals surface area (Å²) in [5.41, 5.74) is 6.72. The molecule has 1 saturated heterocycles. The van der Waals surface area contributed by atoms with Gasteiger partial charge in [0, 0.05) is 26.2 Å². The van der Waals surface area contributed by atoms with Gasteiger partial charge in [-0.1, -0.05) is 26.0 Å². The van der Waals surface area contributed by atoms with Crippen LogP contribution >= 0.6 is 0 Å². The molecular weight excluding hydrogens is 288 g/mol. The first-order valence-electron chi connectivity index (χ1n) is 7.11. The first-order valence-corrected chi connectivity index (χ1v) is 8.55. The Morgan fingerprint density at radius 2 is 2.14 bits per heavy atom. The number of hydrogen-bond donors (Lipinski definition) is 1. The Kier molecular flexibility index (Phi) is 4.72. The number of rotatable bonds is 4. The Morgan fingerprint density at radius 1 is 1.43 bits per heavy atom. The van der Waals surface area contributed by atoms with E-state index in [0.717, 1.165) is 5.56 Å². The molecule has 21 heavy (non-hydrogen) atoms. The second-order valence-electron chi connectivity index (χ2n) is 6.30. The van der Waals surface area contributed by atoms with Crippen LogP contribution in [0.1, 0.15) is 25.8 Å². The number of hydrogen-bond acceptors (Lipinski definition) is 4. The van der Waals surface area contributed by atoms with E-state index < -0.39 is 10.0 Å². The third-order valence-electron chi connectivity index (χ3n) is 4.12. The van der Waals surface area contributed by atoms with Gasteiger partial charge >= 0.3 is 0 Å². The van der Waals surface area contributed by atoms with Gasteiger partial charge in [0.25, 0.3) is 0 Å². The molecule has 5 nitrogen and oxygen atoms in total. The van der Waals surface area contributed by atoms with Crippen LogP contribution in [0.15, 0.2) is 29.2 Å². The second-order valence-corrected chi connectivity index (χ2v) is 8.24. The highest BCUT2D eigenvalue weighted by molar-refractivity contribution is 7.89. The zero-order valence-electron chi connectivity index (χ0n) is 12.9. The summed E-state index contributed by atoms with van der Waals surface area (Å²) in [4.78, 5) is 0.323. The van der Waals surface area contributed by atoms with E-state index in [0.29, 0.717) is 31.0 Å². The number of nitrogens with zero attached hydrogens (tertiary/aromatic N) is 1. The van der Waals surface area contributed by atoms with Crippen LogP contribution in [0.3, 0.4) is 0 Å². The average molecular weight is 312 g/mol. The number of ether oxygens (including phenoxy) is 1. The lowest BCUT2D eigenvalue weighted by molar-refractivity contribution is 0.155. The zero-order valence-corrected chi connectivity index (χ0v) is 13.7. The van der Waals surface area contributed by atoms with Gasteiger partial charge < -0.3 is 10.5 Å². The molecule has 2 rings (SSSR count). The molecule has 1 fully saturated rings. The van der Waals surface area contributed by atoms with E-state index in [1.807, 2.05) is 19.9 Å². The molecule has 0 bridgehead atoms. The molecule has 0 aromatic heterocycles. The highest BCUT2D eigenvalue weighted by atomic mass is 32.2. The molecule has 6 heteroatoms. The predicted octanol–water partition coefficient (Wildman–Crippen LogP) is 1.58. The molecule has 0 amide bonds. The predicted molar refractivity (Wildman–Crippen MR) is 82.3 cm³/mol. The van der Waals surface area contributed by atoms with Gasteiger partial charge in [0.15, 0.2) is 0 Å². The monoisotopic (exact) mass is 312 g/mol. The van der Waals surface area contributed by atoms with Crippen LogP contribution in [0.25, 0.3) is 0 Å². The number of benzene rings is 1. The molecule has 2 N–H and O–H groups in total. The maximum Gasteiger partial charge on any atom is 0.243 e. The average Bonchev–Trinajstić information content (AvgIpc) is 2.42. The van der Waals surface area contributed by atoms with Crippen molar-refractivity contribution in [2.75, 3.05) is 20.2 Å². The lowest BCUT2D eigenvalue weighted by atomic mass is 9.81. The van der Waals surface area contributed by atoms with E-state index in [2.05, 4.69) is 0 Å². The van der Waals surface area contributed by atoms with Gasteiger partial charge in [0.2, 0.25) is 10.0 Å². The first-order chi connectivity index (χ1) is 9.77. The van der Waals surface area contributed by atoms with Gasteiger partial charge in [0.05, 0.1) is 11.5 Å². The summed E-state index contributed by atoms with van der Waals surface area (Å²) in [7, 11) is -1.88. The summed E-state index contributed by atoms with van der Waals surface area (Å²) in [5, 5.41) is 0. The number of nitrogens with two attached hydrogens (primary N) is 1. The molecule has 118 valence electrons. The van der Waals surface area contributed by atoms with E-state index >= 15 is 0 Å². The molecule has 1 aliphatic heterocycles. The molecule has 0 radical (unpaired) electrons. The normalized spacial score (nSPS) is 23.1. The molecule has 1 aromatic rings. The van der Waals surface area contributed by atoms with E-state index in [1.54, 1.807) is 29.6 Å². The lowest BCUT2D eigenvalue weighted by Crippen LogP contribution is -2.53. The zero-order chi connectivity index (χ0) is 15.7. The van der Waals surface area contributed by atoms with Crippen molar-refractivity contribution in [3.05, 3.63) is 29.8 Å². The van der Waals surface area contributed by atoms with Crippen molar-refractivity contribution in [2.45, 2.75) is 37.8 Å². The van der Waals surface area contributed by atoms with Crippen LogP contribution in [0.5, 0.6) is 0 Å². The van der Waals surface area contributed by atoms with Crippen molar-refractivity contribution in [1.29, 1.82) is 0 Å². The third kappa shape index (κ3) is 3.45. The third-order valence-corrected chi connectivity index (χ3v) is 5.97. The molecule has 1 unspecified atom stereocenters. The molecule has 1 heterocycles. The van der Waals surface area contributed by atoms with Crippen molar-refractivity contribution >= 4 is 10.0 Å². The summed E-state index contributed by atoms with van der Waals surface area (Å²) in [6.45, 7) is 5.35. The molecule has 1 aromatic carbocycles. The van der Waals surface area contributed by atoms with Crippen LogP contribution in [-0.2, 0) is 21.4 Å². The Bertz CT molecular complexity index is 599. The van der Waals surface area contributed by atoms with E-state index in [1.165, 1.54) is 0 Å². The fraction of sp³-hybridized carbons (Fsp3) is 0.600. The minimum Gasteiger partial charge on any atom is -0.380 e. The number of methoxy groups -OCH3 is 1. The smallest absolute Gasteiger partial charge is 0.243 e. The van der Waals surface area contributed by atoms with Crippen LogP contribution in [-0.4, -0.2) is 39.0 Å². The maximum atomic E-state index is 12.8. The fourth-order valence-corrected chi connectivity index (χ4v) is 4.34. The largest absolute Gasteiger partial charge is 0.380 e.